The molecule has 3 unspecified atom stereocenters. The first kappa shape index (κ1) is 14.0. The maximum absolute atomic E-state index is 11.7. The molecule has 3 atom stereocenters. The zero-order chi connectivity index (χ0) is 14.1. The minimum Gasteiger partial charge on any atom is -0.469 e. The van der Waals surface area contributed by atoms with E-state index in [1.54, 1.807) is 0 Å². The van der Waals surface area contributed by atoms with Crippen LogP contribution in [0.3, 0.4) is 0 Å². The van der Waals surface area contributed by atoms with Crippen LogP contribution in [0, 0.1) is 11.8 Å². The smallest absolute Gasteiger partial charge is 0.310 e. The van der Waals surface area contributed by atoms with Gasteiger partial charge in [0.05, 0.1) is 13.0 Å². The van der Waals surface area contributed by atoms with E-state index in [9.17, 15) is 4.79 Å². The number of nitrogens with zero attached hydrogens (tertiary/aromatic N) is 1. The van der Waals surface area contributed by atoms with Crippen LogP contribution in [0.4, 0.5) is 0 Å². The van der Waals surface area contributed by atoms with Gasteiger partial charge >= 0.3 is 5.97 Å². The molecule has 0 amide bonds. The first-order chi connectivity index (χ1) is 9.67. The molecule has 2 heterocycles. The standard InChI is InChI=1S/C16H21NO2S/c1-11-8-17(10-14(11)16(18)19-2)9-13-7-12-5-3-4-6-15(12)20-13/h3-6,11,13-14H,7-10H2,1-2H3. The maximum atomic E-state index is 11.7. The predicted molar refractivity (Wildman–Crippen MR) is 80.9 cm³/mol. The predicted octanol–water partition coefficient (Wildman–Crippen LogP) is 2.44. The molecule has 0 spiro atoms. The van der Waals surface area contributed by atoms with Crippen LogP contribution in [0.5, 0.6) is 0 Å². The fourth-order valence-electron chi connectivity index (χ4n) is 3.32. The summed E-state index contributed by atoms with van der Waals surface area (Å²) < 4.78 is 4.90. The number of hydrogen-bond acceptors (Lipinski definition) is 4. The molecular weight excluding hydrogens is 270 g/mol. The summed E-state index contributed by atoms with van der Waals surface area (Å²) in [5.41, 5.74) is 1.47. The van der Waals surface area contributed by atoms with E-state index in [4.69, 9.17) is 4.74 Å². The van der Waals surface area contributed by atoms with E-state index in [-0.39, 0.29) is 11.9 Å². The number of carbonyl (C=O) groups is 1. The average Bonchev–Trinajstić information content (AvgIpc) is 3.01. The Labute approximate surface area is 124 Å². The zero-order valence-electron chi connectivity index (χ0n) is 12.0. The van der Waals surface area contributed by atoms with Crippen molar-refractivity contribution in [3.8, 4) is 0 Å². The van der Waals surface area contributed by atoms with Gasteiger partial charge in [0.1, 0.15) is 0 Å². The van der Waals surface area contributed by atoms with E-state index in [0.29, 0.717) is 11.2 Å². The molecule has 20 heavy (non-hydrogen) atoms. The number of thioether (sulfide) groups is 1. The van der Waals surface area contributed by atoms with E-state index >= 15 is 0 Å². The van der Waals surface area contributed by atoms with Crippen LogP contribution in [0.2, 0.25) is 0 Å². The minimum absolute atomic E-state index is 0.0498. The van der Waals surface area contributed by atoms with Crippen molar-refractivity contribution in [2.45, 2.75) is 23.5 Å². The Hall–Kier alpha value is -1.00. The van der Waals surface area contributed by atoms with Gasteiger partial charge in [-0.2, -0.15) is 0 Å². The summed E-state index contributed by atoms with van der Waals surface area (Å²) >= 11 is 1.98. The molecule has 0 bridgehead atoms. The molecule has 3 nitrogen and oxygen atoms in total. The van der Waals surface area contributed by atoms with Crippen LogP contribution < -0.4 is 0 Å². The number of fused-ring (bicyclic) bond motifs is 1. The maximum Gasteiger partial charge on any atom is 0.310 e. The fourth-order valence-corrected chi connectivity index (χ4v) is 4.69. The summed E-state index contributed by atoms with van der Waals surface area (Å²) in [6, 6.07) is 8.67. The Kier molecular flexibility index (Phi) is 4.03. The van der Waals surface area contributed by atoms with Gasteiger partial charge in [-0.1, -0.05) is 25.1 Å². The third-order valence-corrected chi connectivity index (χ3v) is 5.67. The van der Waals surface area contributed by atoms with Crippen LogP contribution in [0.1, 0.15) is 12.5 Å². The molecular formula is C16H21NO2S. The second-order valence-corrected chi connectivity index (χ2v) is 7.22. The van der Waals surface area contributed by atoms with Crippen molar-refractivity contribution in [2.75, 3.05) is 26.7 Å². The molecule has 4 heteroatoms. The Balaban J connectivity index is 1.57. The highest BCUT2D eigenvalue weighted by Crippen LogP contribution is 2.38. The van der Waals surface area contributed by atoms with E-state index < -0.39 is 0 Å². The van der Waals surface area contributed by atoms with Gasteiger partial charge in [0.25, 0.3) is 0 Å². The Morgan fingerprint density at radius 2 is 2.20 bits per heavy atom. The number of carbonyl (C=O) groups excluding carboxylic acids is 1. The van der Waals surface area contributed by atoms with Gasteiger partial charge in [-0.05, 0) is 24.0 Å². The number of ether oxygens (including phenoxy) is 1. The molecule has 1 aromatic carbocycles. The Bertz CT molecular complexity index is 480. The van der Waals surface area contributed by atoms with E-state index in [0.717, 1.165) is 26.1 Å². The van der Waals surface area contributed by atoms with E-state index in [1.807, 2.05) is 11.8 Å². The summed E-state index contributed by atoms with van der Waals surface area (Å²) in [5.74, 6) is 0.396. The number of benzene rings is 1. The normalized spacial score (nSPS) is 29.4. The molecule has 108 valence electrons. The van der Waals surface area contributed by atoms with Crippen LogP contribution in [0.15, 0.2) is 29.2 Å². The summed E-state index contributed by atoms with van der Waals surface area (Å²) in [4.78, 5) is 15.6. The average molecular weight is 291 g/mol. The van der Waals surface area contributed by atoms with Crippen LogP contribution >= 0.6 is 11.8 Å². The first-order valence-electron chi connectivity index (χ1n) is 7.22. The number of methoxy groups -OCH3 is 1. The lowest BCUT2D eigenvalue weighted by atomic mass is 9.99. The van der Waals surface area contributed by atoms with Crippen LogP contribution in [-0.4, -0.2) is 42.9 Å². The molecule has 2 aliphatic rings. The molecule has 3 rings (SSSR count). The topological polar surface area (TPSA) is 29.5 Å². The lowest BCUT2D eigenvalue weighted by Gasteiger charge is -2.19. The third kappa shape index (κ3) is 2.72. The van der Waals surface area contributed by atoms with Crippen molar-refractivity contribution in [3.05, 3.63) is 29.8 Å². The number of likely N-dealkylation sites (tertiary alicyclic amines) is 1. The second-order valence-electron chi connectivity index (χ2n) is 5.88. The molecule has 0 N–H and O–H groups in total. The fraction of sp³-hybridized carbons (Fsp3) is 0.562. The molecule has 0 aliphatic carbocycles. The van der Waals surface area contributed by atoms with Gasteiger partial charge in [0, 0.05) is 29.8 Å². The SMILES string of the molecule is COC(=O)C1CN(CC2Cc3ccccc3S2)CC1C. The van der Waals surface area contributed by atoms with Crippen LogP contribution in [-0.2, 0) is 16.0 Å². The van der Waals surface area contributed by atoms with Gasteiger partial charge < -0.3 is 9.64 Å². The monoisotopic (exact) mass is 291 g/mol. The van der Waals surface area contributed by atoms with Gasteiger partial charge in [-0.15, -0.1) is 11.8 Å². The van der Waals surface area contributed by atoms with E-state index in [1.165, 1.54) is 17.6 Å². The lowest BCUT2D eigenvalue weighted by Crippen LogP contribution is -2.30. The lowest BCUT2D eigenvalue weighted by molar-refractivity contribution is -0.146. The van der Waals surface area contributed by atoms with Gasteiger partial charge in [-0.3, -0.25) is 4.79 Å². The summed E-state index contributed by atoms with van der Waals surface area (Å²) in [5, 5.41) is 0.621. The molecule has 2 aliphatic heterocycles. The molecule has 0 radical (unpaired) electrons. The van der Waals surface area contributed by atoms with Crippen molar-refractivity contribution in [1.82, 2.24) is 4.90 Å². The Morgan fingerprint density at radius 1 is 1.40 bits per heavy atom. The quantitative estimate of drug-likeness (QED) is 0.800. The van der Waals surface area contributed by atoms with Gasteiger partial charge in [0.15, 0.2) is 0 Å². The van der Waals surface area contributed by atoms with Crippen molar-refractivity contribution >= 4 is 17.7 Å². The van der Waals surface area contributed by atoms with E-state index in [2.05, 4.69) is 36.1 Å². The highest BCUT2D eigenvalue weighted by atomic mass is 32.2. The largest absolute Gasteiger partial charge is 0.469 e. The first-order valence-corrected chi connectivity index (χ1v) is 8.10. The third-order valence-electron chi connectivity index (χ3n) is 4.37. The number of esters is 1. The highest BCUT2D eigenvalue weighted by molar-refractivity contribution is 8.00. The molecule has 1 saturated heterocycles. The van der Waals surface area contributed by atoms with Gasteiger partial charge in [-0.25, -0.2) is 0 Å². The minimum atomic E-state index is -0.0534. The summed E-state index contributed by atoms with van der Waals surface area (Å²) in [6.07, 6.45) is 1.15. The van der Waals surface area contributed by atoms with Crippen molar-refractivity contribution < 1.29 is 9.53 Å². The van der Waals surface area contributed by atoms with Crippen LogP contribution in [0.25, 0.3) is 0 Å². The number of hydrogen-bond donors (Lipinski definition) is 0. The van der Waals surface area contributed by atoms with Crippen molar-refractivity contribution in [1.29, 1.82) is 0 Å². The number of rotatable bonds is 3. The molecule has 0 saturated carbocycles. The Morgan fingerprint density at radius 3 is 2.95 bits per heavy atom. The van der Waals surface area contributed by atoms with Crippen molar-refractivity contribution in [2.24, 2.45) is 11.8 Å². The zero-order valence-corrected chi connectivity index (χ0v) is 12.9. The van der Waals surface area contributed by atoms with Gasteiger partial charge in [0.2, 0.25) is 0 Å². The summed E-state index contributed by atoms with van der Waals surface area (Å²) in [6.45, 7) is 5.07. The molecule has 1 aromatic rings. The second kappa shape index (κ2) is 5.78. The highest BCUT2D eigenvalue weighted by Gasteiger charge is 2.37. The molecule has 0 aromatic heterocycles. The van der Waals surface area contributed by atoms with Crippen molar-refractivity contribution in [3.63, 3.8) is 0 Å². The summed E-state index contributed by atoms with van der Waals surface area (Å²) in [7, 11) is 1.49. The molecule has 1 fully saturated rings.